The third-order valence-corrected chi connectivity index (χ3v) is 422. The molecular weight excluding hydrogens is 2130 g/mol. The maximum atomic E-state index is 12.1. The van der Waals surface area contributed by atoms with Crippen molar-refractivity contribution in [3.05, 3.63) is 98.5 Å². The average Bonchev–Trinajstić information content (AvgIpc) is 4.03. The number of nitrogens with zero attached hydrogens (tertiary/aromatic N) is 7. The number of hydrogen-bond donors (Lipinski definition) is 4. The molecule has 0 atom stereocenters. The van der Waals surface area contributed by atoms with E-state index in [9.17, 15) is 19.2 Å². The molecule has 0 saturated heterocycles. The summed E-state index contributed by atoms with van der Waals surface area (Å²) in [4.78, 5) is 76.3. The second-order valence-electron chi connectivity index (χ2n) is 13.4. The molecule has 4 heterocycles. The van der Waals surface area contributed by atoms with Crippen LogP contribution in [0.3, 0.4) is 0 Å². The number of imide groups is 1. The molecule has 2 aliphatic rings. The number of rotatable bonds is 12. The van der Waals surface area contributed by atoms with E-state index in [1.54, 1.807) is 37.5 Å². The summed E-state index contributed by atoms with van der Waals surface area (Å²) >= 11 is 39.7. The number of hydrazone groups is 2. The number of ketones is 1. The number of Topliss-reactive ketones (excluding diaryl/α,β-unsaturated/α-hetero) is 1. The second-order valence-corrected chi connectivity index (χ2v) is 177. The Morgan fingerprint density at radius 3 is 2.03 bits per heavy atom. The normalized spacial score (nSPS) is 12.4. The Kier molecular flexibility index (Phi) is 35.5. The summed E-state index contributed by atoms with van der Waals surface area (Å²) in [5.41, 5.74) is 4.66. The molecule has 7 rings (SSSR count). The van der Waals surface area contributed by atoms with Crippen LogP contribution in [0.15, 0.2) is 77.3 Å². The second kappa shape index (κ2) is 37.6. The van der Waals surface area contributed by atoms with Crippen molar-refractivity contribution in [1.82, 2.24) is 20.3 Å². The van der Waals surface area contributed by atoms with E-state index >= 15 is 0 Å². The van der Waals surface area contributed by atoms with E-state index in [0.29, 0.717) is 30.4 Å². The van der Waals surface area contributed by atoms with Gasteiger partial charge in [0.1, 0.15) is 29.3 Å². The first kappa shape index (κ1) is 72.6. The van der Waals surface area contributed by atoms with Crippen molar-refractivity contribution in [2.75, 3.05) is 17.0 Å². The van der Waals surface area contributed by atoms with E-state index in [2.05, 4.69) is 128 Å². The number of amides is 3. The largest absolute Gasteiger partial charge is 1.00 e. The minimum Gasteiger partial charge on any atom is -0.453 e. The Morgan fingerprint density at radius 1 is 0.948 bits per heavy atom. The molecule has 21 nitrogen and oxygen atoms in total. The van der Waals surface area contributed by atoms with Crippen LogP contribution in [0.5, 0.6) is 23.0 Å². The summed E-state index contributed by atoms with van der Waals surface area (Å²) in [7, 11) is -0.795. The van der Waals surface area contributed by atoms with Gasteiger partial charge in [0.15, 0.2) is 11.5 Å². The number of hydrogen-bond acceptors (Lipinski definition) is 17. The van der Waals surface area contributed by atoms with Gasteiger partial charge in [0, 0.05) is 30.9 Å². The number of aliphatic carboxylic acids is 2. The fourth-order valence-electron chi connectivity index (χ4n) is 5.26. The number of halogens is 13. The Labute approximate surface area is 549 Å². The standard InChI is InChI=1S/C19H14Cl2N6O4.C19H10Cl2N4O3.2C2H4O2.I9.Na/c1-2-30-19(29)25-18(28)15(8-22)27-26-11-6-13(20)16(14(21)7-11)31-12-5-10-3-4-23-17(10)24-9-12;20-13-5-11(25-18(27)7-17(26)16(8-22)24-25)6-14(21)19(13)28-12-4-10-2-1-3-15(10)23-9-12;2*1-2(3)4;1-6-8(4)9(5)7(2)3;/h3-7,9,26H,2H2,1H3,(H,23,24)(H,25,28,29);1-2,4-6,9H,3,7H2;2*1H3,(H,3,4);;/q;;;;-1;+1/p-1/b27-15-;;;;;. The van der Waals surface area contributed by atoms with Crippen LogP contribution in [-0.2, 0) is 35.1 Å². The quantitative estimate of drug-likeness (QED) is 0.0301. The van der Waals surface area contributed by atoms with Crippen molar-refractivity contribution in [3.63, 3.8) is 0 Å². The number of fused-ring (bicyclic) bond motifs is 2. The van der Waals surface area contributed by atoms with Gasteiger partial charge >= 0.3 is 166 Å². The smallest absolute Gasteiger partial charge is 0.453 e. The first-order valence-corrected chi connectivity index (χ1v) is 71.6. The molecule has 2 aromatic carbocycles. The third kappa shape index (κ3) is 25.1. The molecule has 408 valence electrons. The molecule has 77 heavy (non-hydrogen) atoms. The number of nitriles is 2. The number of allylic oxidation sites excluding steroid dienone is 1. The number of carbonyl (C=O) groups excluding carboxylic acids is 5. The summed E-state index contributed by atoms with van der Waals surface area (Å²) in [6.07, 6.45) is 8.15. The number of benzene rings is 2. The van der Waals surface area contributed by atoms with Crippen LogP contribution in [0, 0.1) is 22.7 Å². The molecule has 0 spiro atoms. The van der Waals surface area contributed by atoms with Crippen molar-refractivity contribution >= 4 is 239 Å². The van der Waals surface area contributed by atoms with E-state index in [1.807, 2.05) is 29.6 Å². The van der Waals surface area contributed by atoms with Crippen molar-refractivity contribution in [3.8, 4) is 35.1 Å². The van der Waals surface area contributed by atoms with Crippen molar-refractivity contribution in [1.29, 1.82) is 10.5 Å². The Morgan fingerprint density at radius 2 is 1.51 bits per heavy atom. The zero-order valence-electron chi connectivity index (χ0n) is 39.1. The predicted molar refractivity (Wildman–Crippen MR) is 354 cm³/mol. The monoisotopic (exact) mass is 2160 g/mol. The van der Waals surface area contributed by atoms with Crippen LogP contribution in [0.2, 0.25) is 20.1 Å². The minimum atomic E-state index is -1.08. The Balaban J connectivity index is 0.000000403. The molecule has 1 aliphatic heterocycles. The zero-order valence-corrected chi connectivity index (χ0v) is 63.6. The van der Waals surface area contributed by atoms with Gasteiger partial charge in [-0.1, -0.05) is 58.6 Å². The molecule has 3 amide bonds. The van der Waals surface area contributed by atoms with E-state index in [4.69, 9.17) is 86.2 Å². The van der Waals surface area contributed by atoms with Crippen LogP contribution in [0.4, 0.5) is 16.2 Å². The van der Waals surface area contributed by atoms with E-state index in [0.717, 1.165) is 41.9 Å². The van der Waals surface area contributed by atoms with E-state index in [1.165, 1.54) is 30.5 Å². The van der Waals surface area contributed by atoms with Gasteiger partial charge in [0.05, 0.1) is 62.6 Å². The van der Waals surface area contributed by atoms with Gasteiger partial charge in [-0.2, -0.15) is 25.7 Å². The minimum absolute atomic E-state index is 0. The topological polar surface area (TPSA) is 315 Å². The van der Waals surface area contributed by atoms with Gasteiger partial charge in [-0.15, -0.1) is 0 Å². The average molecular weight is 2160 g/mol. The number of aromatic amines is 1. The number of H-pyrrole nitrogens is 1. The predicted octanol–water partition coefficient (Wildman–Crippen LogP) is 8.10. The summed E-state index contributed by atoms with van der Waals surface area (Å²) in [6, 6.07) is 14.4. The third-order valence-electron chi connectivity index (χ3n) is 8.06. The Bertz CT molecular complexity index is 3100. The fourth-order valence-corrected chi connectivity index (χ4v) is 635. The number of carboxylic acids is 2. The van der Waals surface area contributed by atoms with Crippen LogP contribution >= 0.6 is 163 Å². The van der Waals surface area contributed by atoms with Gasteiger partial charge in [-0.05, 0) is 61.9 Å². The number of aromatic nitrogens is 3. The first-order chi connectivity index (χ1) is 35.9. The van der Waals surface area contributed by atoms with Crippen LogP contribution in [0.25, 0.3) is 17.1 Å². The van der Waals surface area contributed by atoms with Gasteiger partial charge < -0.3 is 34.2 Å². The number of alkyl carbamates (subject to hydrolysis) is 1. The number of pyridine rings is 2. The van der Waals surface area contributed by atoms with Crippen LogP contribution in [-0.4, -0.2) is 73.7 Å². The molecule has 35 heteroatoms. The summed E-state index contributed by atoms with van der Waals surface area (Å²) in [5.74, 6) is -2.88. The maximum Gasteiger partial charge on any atom is 1.00 e. The number of carbonyl (C=O) groups is 6. The summed E-state index contributed by atoms with van der Waals surface area (Å²) in [5, 5.41) is 46.0. The first-order valence-electron chi connectivity index (χ1n) is 19.8. The maximum absolute atomic E-state index is 12.1. The summed E-state index contributed by atoms with van der Waals surface area (Å²) < 4.78 is 16.1. The Hall–Kier alpha value is -0.510. The van der Waals surface area contributed by atoms with Crippen molar-refractivity contribution < 1.29 is 96.0 Å². The van der Waals surface area contributed by atoms with Crippen molar-refractivity contribution in [2.45, 2.75) is 33.6 Å². The molecule has 0 saturated carbocycles. The molecular formula is C42H31Cl4I9N10NaO11-. The van der Waals surface area contributed by atoms with Crippen LogP contribution in [0.1, 0.15) is 38.4 Å². The number of nitrogens with one attached hydrogen (secondary N) is 3. The fraction of sp³-hybridized carbons (Fsp3) is 0.143. The molecule has 3 aromatic heterocycles. The molecule has 0 unspecified atom stereocenters. The SMILES string of the molecule is CC(=O)O.CC(=O)[O-].CCOC(=O)NC(=O)/C(C#N)=N\Nc1cc(Cl)c(Oc2cnc3[nH]ccc3c2)c(Cl)c1.I[I-]I(I)I(I)I(I)I.N#CC1=NN(c2cc(Cl)c(Oc3cnc4c(c3)C=CC4)c(Cl)c2)C(=O)CC1=O.[Na+]. The van der Waals surface area contributed by atoms with Crippen LogP contribution < -0.4 is 73.1 Å². The molecule has 5 aromatic rings. The summed E-state index contributed by atoms with van der Waals surface area (Å²) in [6.45, 7) is 3.69. The molecule has 4 N–H and O–H groups in total. The van der Waals surface area contributed by atoms with Gasteiger partial charge in [-0.25, -0.2) is 9.78 Å². The van der Waals surface area contributed by atoms with Gasteiger partial charge in [-0.3, -0.25) is 34.9 Å². The molecule has 0 fully saturated rings. The van der Waals surface area contributed by atoms with E-state index in [-0.39, 0.29) is 109 Å². The number of carboxylic acid groups (broad SMARTS) is 2. The van der Waals surface area contributed by atoms with Crippen molar-refractivity contribution in [2.24, 2.45) is 10.2 Å². The number of ether oxygens (including phenoxy) is 3. The molecule has 1 aliphatic carbocycles. The van der Waals surface area contributed by atoms with E-state index < -0.39 is 47.8 Å². The zero-order chi connectivity index (χ0) is 56.8. The number of anilines is 2. The molecule has 0 bridgehead atoms. The van der Waals surface area contributed by atoms with Gasteiger partial charge in [0.2, 0.25) is 17.2 Å². The van der Waals surface area contributed by atoms with Gasteiger partial charge in [0.25, 0.3) is 17.8 Å². The molecule has 0 radical (unpaired) electrons.